The average Bonchev–Trinajstić information content (AvgIpc) is 3.63. The Morgan fingerprint density at radius 1 is 1.02 bits per heavy atom. The highest BCUT2D eigenvalue weighted by Gasteiger charge is 2.58. The minimum atomic E-state index is -2.20. The zero-order chi connectivity index (χ0) is 38.3. The molecule has 15 nitrogen and oxygen atoms in total. The molecule has 1 unspecified atom stereocenters. The number of amides is 3. The summed E-state index contributed by atoms with van der Waals surface area (Å²) >= 11 is 0. The topological polar surface area (TPSA) is 224 Å². The number of nitrogens with one attached hydrogen (secondary N) is 2. The van der Waals surface area contributed by atoms with E-state index in [-0.39, 0.29) is 23.6 Å². The number of aliphatic hydroxyl groups excluding tert-OH is 3. The van der Waals surface area contributed by atoms with E-state index in [1.165, 1.54) is 19.1 Å². The van der Waals surface area contributed by atoms with E-state index in [0.717, 1.165) is 12.0 Å². The van der Waals surface area contributed by atoms with E-state index in [2.05, 4.69) is 10.6 Å². The maximum absolute atomic E-state index is 13.2. The van der Waals surface area contributed by atoms with E-state index < -0.39 is 84.8 Å². The predicted octanol–water partition coefficient (Wildman–Crippen LogP) is 1.66. The second kappa shape index (κ2) is 15.1. The number of phenolic OH excluding ortho intramolecular Hbond substituents is 1. The molecule has 8 atom stereocenters. The monoisotopic (exact) mass is 727 g/mol. The van der Waals surface area contributed by atoms with Gasteiger partial charge in [0.05, 0.1) is 24.4 Å². The van der Waals surface area contributed by atoms with Crippen LogP contribution in [0.4, 0.5) is 5.69 Å². The summed E-state index contributed by atoms with van der Waals surface area (Å²) in [5.74, 6) is -3.83. The molecule has 3 saturated heterocycles. The number of phenols is 1. The zero-order valence-electron chi connectivity index (χ0n) is 30.2. The van der Waals surface area contributed by atoms with Gasteiger partial charge < -0.3 is 55.3 Å². The molecular weight excluding hydrogens is 678 g/mol. The Morgan fingerprint density at radius 3 is 2.29 bits per heavy atom. The number of anilines is 1. The minimum Gasteiger partial charge on any atom is -0.507 e. The van der Waals surface area contributed by atoms with E-state index in [1.54, 1.807) is 32.6 Å². The summed E-state index contributed by atoms with van der Waals surface area (Å²) in [6.45, 7) is 9.71. The molecule has 0 spiro atoms. The average molecular weight is 728 g/mol. The number of aliphatic carboxylic acids is 1. The molecule has 7 N–H and O–H groups in total. The third-order valence-corrected chi connectivity index (χ3v) is 10.1. The van der Waals surface area contributed by atoms with Gasteiger partial charge in [-0.25, -0.2) is 4.79 Å². The molecule has 2 aromatic rings. The number of carbonyl (C=O) groups is 4. The van der Waals surface area contributed by atoms with Crippen LogP contribution in [0.1, 0.15) is 85.2 Å². The van der Waals surface area contributed by atoms with Gasteiger partial charge in [-0.2, -0.15) is 0 Å². The molecule has 3 amide bonds. The highest BCUT2D eigenvalue weighted by atomic mass is 16.8. The van der Waals surface area contributed by atoms with Crippen LogP contribution in [0, 0.1) is 20.8 Å². The Bertz CT molecular complexity index is 1690. The number of aryl methyl sites for hydroxylation is 3. The number of carboxylic acids is 1. The quantitative estimate of drug-likeness (QED) is 0.176. The lowest BCUT2D eigenvalue weighted by Gasteiger charge is -2.48. The lowest BCUT2D eigenvalue weighted by atomic mass is 9.79. The highest BCUT2D eigenvalue weighted by Crippen LogP contribution is 2.46. The first-order valence-corrected chi connectivity index (χ1v) is 17.4. The molecule has 15 heteroatoms. The van der Waals surface area contributed by atoms with E-state index in [0.29, 0.717) is 35.3 Å². The Labute approximate surface area is 301 Å². The third-order valence-electron chi connectivity index (χ3n) is 10.1. The van der Waals surface area contributed by atoms with Gasteiger partial charge in [-0.3, -0.25) is 14.4 Å². The summed E-state index contributed by atoms with van der Waals surface area (Å²) in [5, 5.41) is 59.7. The number of benzene rings is 2. The van der Waals surface area contributed by atoms with Gasteiger partial charge in [-0.05, 0) is 87.6 Å². The maximum atomic E-state index is 13.2. The largest absolute Gasteiger partial charge is 0.507 e. The molecule has 0 radical (unpaired) electrons. The van der Waals surface area contributed by atoms with Crippen molar-refractivity contribution in [3.05, 3.63) is 58.1 Å². The van der Waals surface area contributed by atoms with E-state index in [4.69, 9.17) is 14.2 Å². The van der Waals surface area contributed by atoms with Crippen LogP contribution in [-0.2, 0) is 28.6 Å². The molecule has 5 rings (SSSR count). The van der Waals surface area contributed by atoms with Crippen molar-refractivity contribution in [3.8, 4) is 5.75 Å². The van der Waals surface area contributed by atoms with Gasteiger partial charge in [0.1, 0.15) is 24.1 Å². The van der Waals surface area contributed by atoms with Crippen molar-refractivity contribution in [2.24, 2.45) is 0 Å². The van der Waals surface area contributed by atoms with Crippen molar-refractivity contribution in [2.45, 2.75) is 121 Å². The molecule has 0 aliphatic carbocycles. The molecular formula is C37H49N3O12. The van der Waals surface area contributed by atoms with Crippen molar-refractivity contribution in [1.82, 2.24) is 10.6 Å². The number of rotatable bonds is 11. The Kier molecular flexibility index (Phi) is 11.3. The minimum absolute atomic E-state index is 0.00433. The Hall–Kier alpha value is -4.12. The summed E-state index contributed by atoms with van der Waals surface area (Å²) in [6, 6.07) is 7.11. The highest BCUT2D eigenvalue weighted by molar-refractivity contribution is 5.95. The van der Waals surface area contributed by atoms with Crippen LogP contribution in [0.3, 0.4) is 0 Å². The van der Waals surface area contributed by atoms with Gasteiger partial charge in [0.25, 0.3) is 5.91 Å². The predicted molar refractivity (Wildman–Crippen MR) is 186 cm³/mol. The molecule has 52 heavy (non-hydrogen) atoms. The first-order chi connectivity index (χ1) is 24.3. The molecule has 0 bridgehead atoms. The van der Waals surface area contributed by atoms with Gasteiger partial charge in [0.2, 0.25) is 11.8 Å². The van der Waals surface area contributed by atoms with Gasteiger partial charge in [0, 0.05) is 50.5 Å². The lowest BCUT2D eigenvalue weighted by molar-refractivity contribution is -0.236. The van der Waals surface area contributed by atoms with Crippen molar-refractivity contribution in [2.75, 3.05) is 18.0 Å². The summed E-state index contributed by atoms with van der Waals surface area (Å²) in [7, 11) is 0. The smallest absolute Gasteiger partial charge is 0.336 e. The molecule has 0 aromatic heterocycles. The van der Waals surface area contributed by atoms with E-state index >= 15 is 0 Å². The van der Waals surface area contributed by atoms with Gasteiger partial charge in [0.15, 0.2) is 11.4 Å². The fourth-order valence-corrected chi connectivity index (χ4v) is 7.44. The number of ether oxygens (including phenoxy) is 3. The van der Waals surface area contributed by atoms with Gasteiger partial charge in [-0.1, -0.05) is 6.07 Å². The lowest BCUT2D eigenvalue weighted by Crippen LogP contribution is -2.68. The summed E-state index contributed by atoms with van der Waals surface area (Å²) in [6.07, 6.45) is -8.36. The van der Waals surface area contributed by atoms with Gasteiger partial charge in [-0.15, -0.1) is 0 Å². The second-order valence-electron chi connectivity index (χ2n) is 14.6. The molecule has 0 saturated carbocycles. The molecule has 2 aromatic carbocycles. The number of hydrogen-bond donors (Lipinski definition) is 7. The van der Waals surface area contributed by atoms with Crippen LogP contribution >= 0.6 is 0 Å². The van der Waals surface area contributed by atoms with Crippen molar-refractivity contribution in [1.29, 1.82) is 0 Å². The van der Waals surface area contributed by atoms with Crippen molar-refractivity contribution < 1.29 is 58.9 Å². The van der Waals surface area contributed by atoms with Gasteiger partial charge >= 0.3 is 5.97 Å². The zero-order valence-corrected chi connectivity index (χ0v) is 30.2. The molecule has 3 aliphatic heterocycles. The summed E-state index contributed by atoms with van der Waals surface area (Å²) in [5.41, 5.74) is 1.07. The van der Waals surface area contributed by atoms with Crippen LogP contribution in [-0.4, -0.2) is 110 Å². The molecule has 3 heterocycles. The number of carboxylic acid groups (broad SMARTS) is 1. The number of nitrogens with zero attached hydrogens (tertiary/aromatic N) is 1. The van der Waals surface area contributed by atoms with Crippen LogP contribution in [0.2, 0.25) is 0 Å². The number of hydrogen-bond acceptors (Lipinski definition) is 11. The summed E-state index contributed by atoms with van der Waals surface area (Å²) in [4.78, 5) is 52.5. The first-order valence-electron chi connectivity index (χ1n) is 17.4. The number of aromatic hydroxyl groups is 1. The van der Waals surface area contributed by atoms with Crippen LogP contribution in [0.15, 0.2) is 30.3 Å². The van der Waals surface area contributed by atoms with Crippen LogP contribution in [0.25, 0.3) is 0 Å². The van der Waals surface area contributed by atoms with E-state index in [1.807, 2.05) is 25.1 Å². The Balaban J connectivity index is 1.41. The maximum Gasteiger partial charge on any atom is 0.336 e. The van der Waals surface area contributed by atoms with Crippen molar-refractivity contribution in [3.63, 3.8) is 0 Å². The molecule has 284 valence electrons. The fraction of sp³-hybridized carbons (Fsp3) is 0.568. The Morgan fingerprint density at radius 2 is 1.69 bits per heavy atom. The number of carbonyl (C=O) groups excluding carboxylic acids is 3. The second-order valence-corrected chi connectivity index (χ2v) is 14.6. The fourth-order valence-electron chi connectivity index (χ4n) is 7.44. The standard InChI is InChI=1S/C37H49N3O12/c1-18-9-10-23(40-11-7-8-28(40)44)14-24(18)32-27(50-36(5,6)51-32)16-37(35(48)49)15-25(42)29(39-21(4)41)33(52-37)31(46)26(43)17-38-34(47)22-12-19(2)30(45)20(3)13-22/h9-10,12-14,25-27,29,31-33,42-43,45-46H,7-8,11,15-17H2,1-6H3,(H,38,47)(H,39,41)(H,48,49)/t25-,26+,27?,29+,31+,32-,33+,37-/m0/s1. The number of aliphatic hydroxyl groups is 3. The van der Waals surface area contributed by atoms with Crippen LogP contribution in [0.5, 0.6) is 5.75 Å². The SMILES string of the molecule is CC(=O)N[C@H]1[C@H]([C@H](O)[C@H](O)CNC(=O)c2cc(C)c(O)c(C)c2)O[C@@](CC2OC(C)(C)O[C@H]2c2cc(N3CCCC3=O)ccc2C)(C(=O)O)C[C@@H]1O. The van der Waals surface area contributed by atoms with Crippen molar-refractivity contribution >= 4 is 29.4 Å². The molecule has 3 fully saturated rings. The third kappa shape index (κ3) is 8.09. The van der Waals surface area contributed by atoms with E-state index in [9.17, 15) is 44.7 Å². The molecule has 3 aliphatic rings. The first kappa shape index (κ1) is 39.1. The van der Waals surface area contributed by atoms with Crippen LogP contribution < -0.4 is 15.5 Å². The summed E-state index contributed by atoms with van der Waals surface area (Å²) < 4.78 is 18.8. The normalized spacial score (nSPS) is 28.4.